The molecule has 9 heteroatoms. The zero-order valence-corrected chi connectivity index (χ0v) is 22.3. The van der Waals surface area contributed by atoms with Gasteiger partial charge in [-0.1, -0.05) is 79.4 Å². The molecule has 2 aliphatic rings. The van der Waals surface area contributed by atoms with Gasteiger partial charge in [-0.15, -0.1) is 10.2 Å². The second-order valence-electron chi connectivity index (χ2n) is 9.18. The lowest BCUT2D eigenvalue weighted by atomic mass is 9.76. The minimum atomic E-state index is -0.554. The molecule has 1 atom stereocenters. The van der Waals surface area contributed by atoms with Gasteiger partial charge in [0.1, 0.15) is 18.2 Å². The van der Waals surface area contributed by atoms with Crippen molar-refractivity contribution in [1.29, 1.82) is 5.26 Å². The maximum absolute atomic E-state index is 13.4. The summed E-state index contributed by atoms with van der Waals surface area (Å²) in [5.41, 5.74) is 10.3. The Hall–Kier alpha value is -3.61. The molecular formula is C28H27N5O2S2. The van der Waals surface area contributed by atoms with Crippen LogP contribution in [0.4, 0.5) is 5.13 Å². The number of carbonyl (C=O) groups is 1. The number of aromatic nitrogens is 2. The Labute approximate surface area is 224 Å². The molecule has 0 fully saturated rings. The van der Waals surface area contributed by atoms with Crippen molar-refractivity contribution in [3.8, 4) is 11.8 Å². The van der Waals surface area contributed by atoms with Crippen molar-refractivity contribution in [3.63, 3.8) is 0 Å². The van der Waals surface area contributed by atoms with Crippen LogP contribution in [0.2, 0.25) is 0 Å². The molecule has 2 heterocycles. The lowest BCUT2D eigenvalue weighted by Gasteiger charge is -2.38. The minimum absolute atomic E-state index is 0.0356. The molecule has 188 valence electrons. The SMILES string of the molecule is CC(C)Sc1nnc(N2C(N)=C(C#N)C(c3cccc(OCc4ccccc4)c3)C3=C2CCCC3=O)s1. The maximum Gasteiger partial charge on any atom is 0.219 e. The Bertz CT molecular complexity index is 1420. The van der Waals surface area contributed by atoms with Crippen molar-refractivity contribution in [3.05, 3.63) is 88.4 Å². The van der Waals surface area contributed by atoms with Crippen LogP contribution in [0.15, 0.2) is 81.6 Å². The van der Waals surface area contributed by atoms with Crippen molar-refractivity contribution in [1.82, 2.24) is 10.2 Å². The van der Waals surface area contributed by atoms with Gasteiger partial charge in [-0.05, 0) is 36.1 Å². The Kier molecular flexibility index (Phi) is 7.31. The van der Waals surface area contributed by atoms with Gasteiger partial charge in [0, 0.05) is 22.9 Å². The first-order valence-electron chi connectivity index (χ1n) is 12.2. The van der Waals surface area contributed by atoms with Crippen LogP contribution >= 0.6 is 23.1 Å². The van der Waals surface area contributed by atoms with Crippen molar-refractivity contribution in [2.45, 2.75) is 55.2 Å². The van der Waals surface area contributed by atoms with E-state index in [9.17, 15) is 10.1 Å². The predicted molar refractivity (Wildman–Crippen MR) is 146 cm³/mol. The van der Waals surface area contributed by atoms with Crippen molar-refractivity contribution >= 4 is 34.0 Å². The van der Waals surface area contributed by atoms with Crippen molar-refractivity contribution in [2.75, 3.05) is 4.90 Å². The predicted octanol–water partition coefficient (Wildman–Crippen LogP) is 5.92. The van der Waals surface area contributed by atoms with E-state index in [2.05, 4.69) is 30.1 Å². The smallest absolute Gasteiger partial charge is 0.219 e. The number of nitriles is 1. The number of rotatable bonds is 7. The van der Waals surface area contributed by atoms with Crippen LogP contribution in [0.3, 0.4) is 0 Å². The molecule has 0 bridgehead atoms. The van der Waals surface area contributed by atoms with E-state index in [0.29, 0.717) is 52.5 Å². The summed E-state index contributed by atoms with van der Waals surface area (Å²) in [5.74, 6) is 0.452. The first-order valence-corrected chi connectivity index (χ1v) is 13.9. The summed E-state index contributed by atoms with van der Waals surface area (Å²) in [7, 11) is 0. The third-order valence-electron chi connectivity index (χ3n) is 6.28. The van der Waals surface area contributed by atoms with Crippen molar-refractivity contribution in [2.24, 2.45) is 5.73 Å². The van der Waals surface area contributed by atoms with Crippen LogP contribution in [-0.2, 0) is 11.4 Å². The standard InChI is InChI=1S/C28H27N5O2S2/c1-17(2)36-28-32-31-27(37-28)33-22-12-7-13-23(34)25(22)24(21(15-29)26(33)30)19-10-6-11-20(14-19)35-16-18-8-4-3-5-9-18/h3-6,8-11,14,17,24H,7,12-13,16,30H2,1-2H3. The van der Waals surface area contributed by atoms with Crippen molar-refractivity contribution < 1.29 is 9.53 Å². The van der Waals surface area contributed by atoms with Gasteiger partial charge in [0.15, 0.2) is 10.1 Å². The highest BCUT2D eigenvalue weighted by Gasteiger charge is 2.41. The zero-order chi connectivity index (χ0) is 25.9. The maximum atomic E-state index is 13.4. The molecule has 0 saturated heterocycles. The molecule has 1 aliphatic carbocycles. The van der Waals surface area contributed by atoms with E-state index in [0.717, 1.165) is 27.6 Å². The first-order chi connectivity index (χ1) is 18.0. The summed E-state index contributed by atoms with van der Waals surface area (Å²) in [5, 5.41) is 19.9. The summed E-state index contributed by atoms with van der Waals surface area (Å²) in [6.45, 7) is 4.61. The number of benzene rings is 2. The number of allylic oxidation sites excluding steroid dienone is 3. The molecule has 2 N–H and O–H groups in total. The molecule has 37 heavy (non-hydrogen) atoms. The first kappa shape index (κ1) is 25.1. The number of thioether (sulfide) groups is 1. The summed E-state index contributed by atoms with van der Waals surface area (Å²) in [4.78, 5) is 15.2. The largest absolute Gasteiger partial charge is 0.489 e. The monoisotopic (exact) mass is 529 g/mol. The lowest BCUT2D eigenvalue weighted by Crippen LogP contribution is -2.38. The number of carbonyl (C=O) groups excluding carboxylic acids is 1. The normalized spacial score (nSPS) is 17.7. The van der Waals surface area contributed by atoms with E-state index < -0.39 is 5.92 Å². The van der Waals surface area contributed by atoms with Crippen LogP contribution in [0, 0.1) is 11.3 Å². The van der Waals surface area contributed by atoms with Gasteiger partial charge in [-0.2, -0.15) is 5.26 Å². The number of Topliss-reactive ketones (excluding diaryl/α,β-unsaturated/α-hetero) is 1. The fourth-order valence-corrected chi connectivity index (χ4v) is 6.81. The van der Waals surface area contributed by atoms with Gasteiger partial charge < -0.3 is 10.5 Å². The molecule has 0 radical (unpaired) electrons. The number of anilines is 1. The molecule has 1 aromatic heterocycles. The molecule has 1 unspecified atom stereocenters. The quantitative estimate of drug-likeness (QED) is 0.376. The van der Waals surface area contributed by atoms with Gasteiger partial charge in [0.25, 0.3) is 0 Å². The molecule has 3 aromatic rings. The van der Waals surface area contributed by atoms with Gasteiger partial charge >= 0.3 is 0 Å². The molecule has 0 saturated carbocycles. The molecular weight excluding hydrogens is 502 g/mol. The number of hydrogen-bond donors (Lipinski definition) is 1. The van der Waals surface area contributed by atoms with E-state index in [1.807, 2.05) is 54.6 Å². The topological polar surface area (TPSA) is 105 Å². The molecule has 1 aliphatic heterocycles. The number of nitrogens with two attached hydrogens (primary N) is 1. The van der Waals surface area contributed by atoms with Crippen LogP contribution in [-0.4, -0.2) is 21.2 Å². The van der Waals surface area contributed by atoms with E-state index >= 15 is 0 Å². The van der Waals surface area contributed by atoms with E-state index in [4.69, 9.17) is 10.5 Å². The van der Waals surface area contributed by atoms with E-state index in [-0.39, 0.29) is 5.78 Å². The molecule has 2 aromatic carbocycles. The fraction of sp³-hybridized carbons (Fsp3) is 0.286. The highest BCUT2D eigenvalue weighted by atomic mass is 32.2. The minimum Gasteiger partial charge on any atom is -0.489 e. The van der Waals surface area contributed by atoms with Gasteiger partial charge in [-0.25, -0.2) is 0 Å². The molecule has 7 nitrogen and oxygen atoms in total. The summed E-state index contributed by atoms with van der Waals surface area (Å²) >= 11 is 3.04. The van der Waals surface area contributed by atoms with Crippen LogP contribution in [0.5, 0.6) is 5.75 Å². The lowest BCUT2D eigenvalue weighted by molar-refractivity contribution is -0.116. The Morgan fingerprint density at radius 3 is 2.76 bits per heavy atom. The number of nitrogens with zero attached hydrogens (tertiary/aromatic N) is 4. The van der Waals surface area contributed by atoms with Gasteiger partial charge in [0.05, 0.1) is 17.6 Å². The summed E-state index contributed by atoms with van der Waals surface area (Å²) in [6.07, 6.45) is 1.84. The second kappa shape index (κ2) is 10.8. The Balaban J connectivity index is 1.54. The zero-order valence-electron chi connectivity index (χ0n) is 20.7. The molecule has 5 rings (SSSR count). The van der Waals surface area contributed by atoms with Crippen LogP contribution in [0.1, 0.15) is 50.2 Å². The molecule has 0 spiro atoms. The fourth-order valence-electron chi connectivity index (χ4n) is 4.71. The highest BCUT2D eigenvalue weighted by molar-refractivity contribution is 8.01. The number of hydrogen-bond acceptors (Lipinski definition) is 9. The third-order valence-corrected chi connectivity index (χ3v) is 8.27. The summed E-state index contributed by atoms with van der Waals surface area (Å²) < 4.78 is 6.87. The van der Waals surface area contributed by atoms with Crippen LogP contribution < -0.4 is 15.4 Å². The number of ether oxygens (including phenoxy) is 1. The van der Waals surface area contributed by atoms with E-state index in [1.54, 1.807) is 16.7 Å². The van der Waals surface area contributed by atoms with E-state index in [1.165, 1.54) is 11.3 Å². The van der Waals surface area contributed by atoms with Crippen LogP contribution in [0.25, 0.3) is 0 Å². The molecule has 0 amide bonds. The summed E-state index contributed by atoms with van der Waals surface area (Å²) in [6, 6.07) is 19.8. The Morgan fingerprint density at radius 1 is 1.19 bits per heavy atom. The third kappa shape index (κ3) is 5.13. The van der Waals surface area contributed by atoms with Gasteiger partial charge in [-0.3, -0.25) is 9.69 Å². The highest BCUT2D eigenvalue weighted by Crippen LogP contribution is 2.47. The average Bonchev–Trinajstić information content (AvgIpc) is 3.34. The van der Waals surface area contributed by atoms with Gasteiger partial charge in [0.2, 0.25) is 5.13 Å². The number of ketones is 1. The second-order valence-corrected chi connectivity index (χ2v) is 12.0. The average molecular weight is 530 g/mol. The Morgan fingerprint density at radius 2 is 2.00 bits per heavy atom.